The van der Waals surface area contributed by atoms with Crippen molar-refractivity contribution in [3.05, 3.63) is 82.0 Å². The summed E-state index contributed by atoms with van der Waals surface area (Å²) in [5.41, 5.74) is 8.03. The molecule has 0 radical (unpaired) electrons. The maximum Gasteiger partial charge on any atom is 0.155 e. The molecule has 83 heavy (non-hydrogen) atoms. The summed E-state index contributed by atoms with van der Waals surface area (Å²) in [5, 5.41) is 38.2. The molecule has 0 aromatic rings. The lowest BCUT2D eigenvalue weighted by Crippen LogP contribution is -2.18. The molecule has 6 heteroatoms. The predicted molar refractivity (Wildman–Crippen MR) is 361 cm³/mol. The van der Waals surface area contributed by atoms with Crippen molar-refractivity contribution in [2.24, 2.45) is 41.4 Å². The summed E-state index contributed by atoms with van der Waals surface area (Å²) < 4.78 is 0. The van der Waals surface area contributed by atoms with Crippen molar-refractivity contribution < 1.29 is 30.0 Å². The van der Waals surface area contributed by atoms with Crippen molar-refractivity contribution in [3.8, 4) is 0 Å². The quantitative estimate of drug-likeness (QED) is 0.0481. The molecule has 4 N–H and O–H groups in total. The van der Waals surface area contributed by atoms with Gasteiger partial charge in [-0.25, -0.2) is 0 Å². The SMILES string of the molecule is CC/C=C\CCC1CC(C)=CC(O)C1.CC1=CC(O)CC(CC(C)C)C1.CCCCCC1CC(C)=CC(O)C1.CCCCCCC1CC(=O)C=C(C)C1.CCCCCCCC1CC(=O)C=C(C)C1.CCCCCCCC1CC(C)=CC(O)C1. The first kappa shape index (κ1) is 78.4. The van der Waals surface area contributed by atoms with Gasteiger partial charge in [0.2, 0.25) is 0 Å². The molecule has 6 nitrogen and oxygen atoms in total. The average Bonchev–Trinajstić information content (AvgIpc) is 3.40. The molecule has 0 saturated carbocycles. The highest BCUT2D eigenvalue weighted by atomic mass is 16.3. The first-order chi connectivity index (χ1) is 39.7. The largest absolute Gasteiger partial charge is 0.389 e. The Labute approximate surface area is 514 Å². The van der Waals surface area contributed by atoms with Gasteiger partial charge in [-0.3, -0.25) is 9.59 Å². The molecule has 0 fully saturated rings. The lowest BCUT2D eigenvalue weighted by molar-refractivity contribution is -0.116. The standard InChI is InChI=1S/C14H26O.C14H24O.2C13H22O.C12H22O.C11H20O/c2*1-3-4-5-6-7-8-13-9-12(2)10-14(15)11-13;2*1-3-4-5-6-7-12-8-11(2)9-13(14)10-12;1-3-4-5-6-11-7-10(2)8-12(13)9-11;1-8(2)4-10-5-9(3)6-11(12)7-10/h10,13-15H,3-9,11H2,1-2H3;10,13H,3-9,11H2,1-2H3;9,12H,3-8,10H2,1-2H3;4-5,9,12-14H,3,6-8,10H2,1-2H3;8,11-13H,3-7,9H2,1-2H3;6,8,10-12H,4-5,7H2,1-3H3/b;;;5-4-;;. The fraction of sp³-hybridized carbons (Fsp3) is 0.792. The van der Waals surface area contributed by atoms with E-state index in [1.54, 1.807) is 0 Å². The fourth-order valence-electron chi connectivity index (χ4n) is 13.9. The zero-order valence-electron chi connectivity index (χ0n) is 56.7. The van der Waals surface area contributed by atoms with Crippen LogP contribution in [0, 0.1) is 41.4 Å². The maximum absolute atomic E-state index is 11.3. The van der Waals surface area contributed by atoms with Gasteiger partial charge in [-0.1, -0.05) is 240 Å². The third-order valence-corrected chi connectivity index (χ3v) is 17.7. The molecule has 0 spiro atoms. The molecular weight excluding hydrogens is 1020 g/mol. The Hall–Kier alpha value is -2.64. The summed E-state index contributed by atoms with van der Waals surface area (Å²) in [5.74, 6) is 5.62. The highest BCUT2D eigenvalue weighted by molar-refractivity contribution is 5.91. The number of carbonyl (C=O) groups is 2. The van der Waals surface area contributed by atoms with Gasteiger partial charge in [0.15, 0.2) is 11.6 Å². The number of carbonyl (C=O) groups excluding carboxylic acids is 2. The number of unbranched alkanes of at least 4 members (excludes halogenated alkanes) is 13. The topological polar surface area (TPSA) is 115 Å². The first-order valence-electron chi connectivity index (χ1n) is 35.1. The number of hydrogen-bond acceptors (Lipinski definition) is 6. The molecule has 6 aliphatic carbocycles. The van der Waals surface area contributed by atoms with Crippen LogP contribution in [0.25, 0.3) is 0 Å². The summed E-state index contributed by atoms with van der Waals surface area (Å²) in [6, 6.07) is 0. The summed E-state index contributed by atoms with van der Waals surface area (Å²) >= 11 is 0. The van der Waals surface area contributed by atoms with Gasteiger partial charge >= 0.3 is 0 Å². The molecule has 0 heterocycles. The average molecular weight is 1160 g/mol. The minimum absolute atomic E-state index is 0.166. The zero-order chi connectivity index (χ0) is 61.8. The van der Waals surface area contributed by atoms with Gasteiger partial charge in [0.05, 0.1) is 24.4 Å². The highest BCUT2D eigenvalue weighted by Crippen LogP contribution is 2.33. The van der Waals surface area contributed by atoms with Crippen LogP contribution in [0.2, 0.25) is 0 Å². The number of aliphatic hydroxyl groups is 4. The van der Waals surface area contributed by atoms with Crippen LogP contribution >= 0.6 is 0 Å². The van der Waals surface area contributed by atoms with Gasteiger partial charge in [-0.05, 0) is 198 Å². The second-order valence-corrected chi connectivity index (χ2v) is 27.8. The molecule has 0 aromatic heterocycles. The molecule has 10 atom stereocenters. The Morgan fingerprint density at radius 1 is 0.373 bits per heavy atom. The molecule has 6 rings (SSSR count). The smallest absolute Gasteiger partial charge is 0.155 e. The second kappa shape index (κ2) is 49.4. The number of ketones is 2. The lowest BCUT2D eigenvalue weighted by Gasteiger charge is -2.25. The summed E-state index contributed by atoms with van der Waals surface area (Å²) in [6.45, 7) is 28.3. The van der Waals surface area contributed by atoms with Crippen molar-refractivity contribution in [3.63, 3.8) is 0 Å². The minimum atomic E-state index is -0.191. The van der Waals surface area contributed by atoms with Gasteiger partial charge in [-0.2, -0.15) is 0 Å². The van der Waals surface area contributed by atoms with E-state index in [2.05, 4.69) is 102 Å². The third kappa shape index (κ3) is 43.6. The Morgan fingerprint density at radius 2 is 0.663 bits per heavy atom. The molecule has 10 unspecified atom stereocenters. The van der Waals surface area contributed by atoms with Gasteiger partial charge in [-0.15, -0.1) is 0 Å². The Balaban J connectivity index is 0.000000499. The number of rotatable bonds is 27. The van der Waals surface area contributed by atoms with E-state index in [4.69, 9.17) is 0 Å². The molecule has 480 valence electrons. The monoisotopic (exact) mass is 1160 g/mol. The Bertz CT molecular complexity index is 1890. The zero-order valence-corrected chi connectivity index (χ0v) is 56.7. The van der Waals surface area contributed by atoms with E-state index in [1.807, 2.05) is 36.5 Å². The molecule has 0 aromatic carbocycles. The third-order valence-electron chi connectivity index (χ3n) is 17.7. The Morgan fingerprint density at radius 3 is 1.00 bits per heavy atom. The number of hydrogen-bond donors (Lipinski definition) is 4. The summed E-state index contributed by atoms with van der Waals surface area (Å²) in [7, 11) is 0. The van der Waals surface area contributed by atoms with Gasteiger partial charge in [0, 0.05) is 12.8 Å². The second-order valence-electron chi connectivity index (χ2n) is 27.8. The van der Waals surface area contributed by atoms with E-state index in [0.717, 1.165) is 75.5 Å². The summed E-state index contributed by atoms with van der Waals surface area (Å²) in [4.78, 5) is 22.6. The van der Waals surface area contributed by atoms with Gasteiger partial charge in [0.1, 0.15) is 0 Å². The summed E-state index contributed by atoms with van der Waals surface area (Å²) in [6.07, 6.45) is 60.7. The van der Waals surface area contributed by atoms with Crippen molar-refractivity contribution in [2.75, 3.05) is 0 Å². The normalized spacial score (nSPS) is 26.1. The van der Waals surface area contributed by atoms with Crippen LogP contribution in [0.5, 0.6) is 0 Å². The molecule has 0 bridgehead atoms. The Kier molecular flexibility index (Phi) is 46.6. The van der Waals surface area contributed by atoms with E-state index >= 15 is 0 Å². The van der Waals surface area contributed by atoms with Crippen molar-refractivity contribution in [1.82, 2.24) is 0 Å². The minimum Gasteiger partial charge on any atom is -0.389 e. The molecular formula is C77H136O6. The molecule has 0 aliphatic heterocycles. The van der Waals surface area contributed by atoms with Crippen LogP contribution in [-0.4, -0.2) is 56.4 Å². The first-order valence-corrected chi connectivity index (χ1v) is 35.1. The highest BCUT2D eigenvalue weighted by Gasteiger charge is 2.23. The molecule has 0 saturated heterocycles. The van der Waals surface area contributed by atoms with E-state index in [-0.39, 0.29) is 24.4 Å². The maximum atomic E-state index is 11.3. The van der Waals surface area contributed by atoms with Crippen molar-refractivity contribution in [1.29, 1.82) is 0 Å². The van der Waals surface area contributed by atoms with Crippen molar-refractivity contribution in [2.45, 2.75) is 352 Å². The molecule has 0 amide bonds. The van der Waals surface area contributed by atoms with Crippen LogP contribution in [0.1, 0.15) is 328 Å². The van der Waals surface area contributed by atoms with Crippen LogP contribution in [0.15, 0.2) is 82.0 Å². The van der Waals surface area contributed by atoms with E-state index in [9.17, 15) is 30.0 Å². The van der Waals surface area contributed by atoms with Gasteiger partial charge in [0.25, 0.3) is 0 Å². The predicted octanol–water partition coefficient (Wildman–Crippen LogP) is 21.7. The fourth-order valence-corrected chi connectivity index (χ4v) is 13.9. The number of aliphatic hydroxyl groups excluding tert-OH is 4. The van der Waals surface area contributed by atoms with Crippen LogP contribution in [0.4, 0.5) is 0 Å². The van der Waals surface area contributed by atoms with E-state index in [1.165, 1.54) is 213 Å². The molecule has 6 aliphatic rings. The van der Waals surface area contributed by atoms with Crippen molar-refractivity contribution >= 4 is 11.6 Å². The van der Waals surface area contributed by atoms with Crippen LogP contribution in [-0.2, 0) is 9.59 Å². The number of allylic oxidation sites excluding steroid dienone is 10. The van der Waals surface area contributed by atoms with Gasteiger partial charge < -0.3 is 20.4 Å². The van der Waals surface area contributed by atoms with Crippen LogP contribution < -0.4 is 0 Å². The van der Waals surface area contributed by atoms with Crippen LogP contribution in [0.3, 0.4) is 0 Å². The van der Waals surface area contributed by atoms with E-state index < -0.39 is 0 Å². The van der Waals surface area contributed by atoms with E-state index in [0.29, 0.717) is 35.2 Å². The lowest BCUT2D eigenvalue weighted by atomic mass is 9.83.